The lowest BCUT2D eigenvalue weighted by Gasteiger charge is -2.25. The van der Waals surface area contributed by atoms with Gasteiger partial charge >= 0.3 is 0 Å². The van der Waals surface area contributed by atoms with Crippen LogP contribution in [0.15, 0.2) is 24.3 Å². The van der Waals surface area contributed by atoms with E-state index in [4.69, 9.17) is 0 Å². The van der Waals surface area contributed by atoms with Crippen LogP contribution in [0.25, 0.3) is 0 Å². The number of nitrogens with zero attached hydrogens (tertiary/aromatic N) is 4. The zero-order valence-electron chi connectivity index (χ0n) is 13.0. The molecule has 0 amide bonds. The van der Waals surface area contributed by atoms with E-state index in [2.05, 4.69) is 29.0 Å². The van der Waals surface area contributed by atoms with Crippen LogP contribution in [0, 0.1) is 5.82 Å². The molecule has 1 unspecified atom stereocenters. The second-order valence-electron chi connectivity index (χ2n) is 5.05. The van der Waals surface area contributed by atoms with Gasteiger partial charge in [-0.15, -0.1) is 5.10 Å². The van der Waals surface area contributed by atoms with Crippen LogP contribution in [0.5, 0.6) is 0 Å². The van der Waals surface area contributed by atoms with Gasteiger partial charge < -0.3 is 4.90 Å². The highest BCUT2D eigenvalue weighted by atomic mass is 19.1. The molecule has 112 valence electrons. The van der Waals surface area contributed by atoms with E-state index in [0.29, 0.717) is 5.95 Å². The molecule has 1 atom stereocenters. The monoisotopic (exact) mass is 288 g/mol. The standard InChI is InChI=1S/C16H21FN4/c1-5-14-15(6-2)19-20-16(18-14)21(4)11(3)12-7-9-13(17)10-8-12/h7-11H,5-6H2,1-4H3. The molecule has 0 spiro atoms. The number of halogens is 1. The number of aryl methyl sites for hydroxylation is 2. The number of aromatic nitrogens is 3. The van der Waals surface area contributed by atoms with Gasteiger partial charge in [0.25, 0.3) is 0 Å². The van der Waals surface area contributed by atoms with Crippen molar-refractivity contribution in [1.82, 2.24) is 15.2 Å². The van der Waals surface area contributed by atoms with Crippen LogP contribution in [0.3, 0.4) is 0 Å². The summed E-state index contributed by atoms with van der Waals surface area (Å²) >= 11 is 0. The van der Waals surface area contributed by atoms with Crippen molar-refractivity contribution in [3.8, 4) is 0 Å². The Balaban J connectivity index is 2.26. The van der Waals surface area contributed by atoms with Gasteiger partial charge in [0.2, 0.25) is 5.95 Å². The highest BCUT2D eigenvalue weighted by molar-refractivity contribution is 5.35. The largest absolute Gasteiger partial charge is 0.336 e. The third-order valence-corrected chi connectivity index (χ3v) is 3.75. The summed E-state index contributed by atoms with van der Waals surface area (Å²) in [5, 5.41) is 8.48. The lowest BCUT2D eigenvalue weighted by Crippen LogP contribution is -2.25. The molecule has 0 fully saturated rings. The number of hydrogen-bond acceptors (Lipinski definition) is 4. The minimum absolute atomic E-state index is 0.0459. The van der Waals surface area contributed by atoms with E-state index >= 15 is 0 Å². The fourth-order valence-corrected chi connectivity index (χ4v) is 2.22. The summed E-state index contributed by atoms with van der Waals surface area (Å²) < 4.78 is 13.0. The number of hydrogen-bond donors (Lipinski definition) is 0. The highest BCUT2D eigenvalue weighted by Gasteiger charge is 2.16. The van der Waals surface area contributed by atoms with Crippen molar-refractivity contribution in [2.75, 3.05) is 11.9 Å². The summed E-state index contributed by atoms with van der Waals surface area (Å²) in [5.74, 6) is 0.368. The molecule has 2 aromatic rings. The van der Waals surface area contributed by atoms with Gasteiger partial charge in [0.15, 0.2) is 0 Å². The van der Waals surface area contributed by atoms with Crippen molar-refractivity contribution >= 4 is 5.95 Å². The predicted molar refractivity (Wildman–Crippen MR) is 81.8 cm³/mol. The molecule has 21 heavy (non-hydrogen) atoms. The Morgan fingerprint density at radius 3 is 2.24 bits per heavy atom. The van der Waals surface area contributed by atoms with Crippen molar-refractivity contribution in [1.29, 1.82) is 0 Å². The molecule has 4 nitrogen and oxygen atoms in total. The van der Waals surface area contributed by atoms with Gasteiger partial charge in [-0.2, -0.15) is 5.10 Å². The zero-order valence-corrected chi connectivity index (χ0v) is 13.0. The van der Waals surface area contributed by atoms with Crippen LogP contribution >= 0.6 is 0 Å². The molecule has 2 rings (SSSR count). The Bertz CT molecular complexity index is 598. The Kier molecular flexibility index (Phi) is 4.83. The van der Waals surface area contributed by atoms with E-state index in [1.54, 1.807) is 12.1 Å². The summed E-state index contributed by atoms with van der Waals surface area (Å²) in [6.45, 7) is 6.15. The Morgan fingerprint density at radius 1 is 1.05 bits per heavy atom. The van der Waals surface area contributed by atoms with Crippen molar-refractivity contribution in [2.45, 2.75) is 39.7 Å². The van der Waals surface area contributed by atoms with Crippen molar-refractivity contribution in [3.05, 3.63) is 47.0 Å². The first-order chi connectivity index (χ1) is 10.1. The normalized spacial score (nSPS) is 12.2. The second kappa shape index (κ2) is 6.61. The van der Waals surface area contributed by atoms with E-state index in [1.165, 1.54) is 12.1 Å². The maximum atomic E-state index is 13.0. The fraction of sp³-hybridized carbons (Fsp3) is 0.438. The van der Waals surface area contributed by atoms with E-state index in [0.717, 1.165) is 29.8 Å². The molecular formula is C16H21FN4. The molecule has 0 saturated carbocycles. The van der Waals surface area contributed by atoms with Gasteiger partial charge in [-0.1, -0.05) is 26.0 Å². The Labute approximate surface area is 125 Å². The van der Waals surface area contributed by atoms with E-state index in [1.807, 2.05) is 18.9 Å². The molecule has 0 N–H and O–H groups in total. The van der Waals surface area contributed by atoms with Crippen molar-refractivity contribution in [3.63, 3.8) is 0 Å². The fourth-order valence-electron chi connectivity index (χ4n) is 2.22. The lowest BCUT2D eigenvalue weighted by atomic mass is 10.1. The minimum atomic E-state index is -0.230. The second-order valence-corrected chi connectivity index (χ2v) is 5.05. The molecule has 1 heterocycles. The van der Waals surface area contributed by atoms with Gasteiger partial charge in [0.1, 0.15) is 5.82 Å². The average molecular weight is 288 g/mol. The SMILES string of the molecule is CCc1nnc(N(C)C(C)c2ccc(F)cc2)nc1CC. The van der Waals surface area contributed by atoms with Gasteiger partial charge in [0.05, 0.1) is 17.4 Å². The van der Waals surface area contributed by atoms with Gasteiger partial charge in [0, 0.05) is 7.05 Å². The first-order valence-corrected chi connectivity index (χ1v) is 7.27. The quantitative estimate of drug-likeness (QED) is 0.846. The molecular weight excluding hydrogens is 267 g/mol. The first-order valence-electron chi connectivity index (χ1n) is 7.27. The average Bonchev–Trinajstić information content (AvgIpc) is 2.53. The van der Waals surface area contributed by atoms with Crippen LogP contribution in [0.2, 0.25) is 0 Å². The van der Waals surface area contributed by atoms with Gasteiger partial charge in [-0.25, -0.2) is 9.37 Å². The maximum absolute atomic E-state index is 13.0. The Hall–Kier alpha value is -2.04. The molecule has 1 aromatic carbocycles. The predicted octanol–water partition coefficient (Wildman–Crippen LogP) is 3.33. The lowest BCUT2D eigenvalue weighted by molar-refractivity contribution is 0.624. The molecule has 5 heteroatoms. The topological polar surface area (TPSA) is 41.9 Å². The third-order valence-electron chi connectivity index (χ3n) is 3.75. The van der Waals surface area contributed by atoms with Crippen LogP contribution in [0.1, 0.15) is 43.8 Å². The molecule has 0 aliphatic rings. The first kappa shape index (κ1) is 15.4. The zero-order chi connectivity index (χ0) is 15.4. The van der Waals surface area contributed by atoms with Gasteiger partial charge in [-0.05, 0) is 37.5 Å². The maximum Gasteiger partial charge on any atom is 0.245 e. The summed E-state index contributed by atoms with van der Waals surface area (Å²) in [5.41, 5.74) is 2.95. The summed E-state index contributed by atoms with van der Waals surface area (Å²) in [7, 11) is 1.93. The third kappa shape index (κ3) is 3.35. The molecule has 1 aromatic heterocycles. The van der Waals surface area contributed by atoms with Crippen LogP contribution < -0.4 is 4.90 Å². The molecule has 0 aliphatic heterocycles. The van der Waals surface area contributed by atoms with E-state index < -0.39 is 0 Å². The van der Waals surface area contributed by atoms with Gasteiger partial charge in [-0.3, -0.25) is 0 Å². The molecule has 0 bridgehead atoms. The minimum Gasteiger partial charge on any atom is -0.336 e. The number of anilines is 1. The smallest absolute Gasteiger partial charge is 0.245 e. The number of rotatable bonds is 5. The van der Waals surface area contributed by atoms with E-state index in [9.17, 15) is 4.39 Å². The summed E-state index contributed by atoms with van der Waals surface area (Å²) in [6, 6.07) is 6.55. The summed E-state index contributed by atoms with van der Waals surface area (Å²) in [6.07, 6.45) is 1.67. The molecule has 0 radical (unpaired) electrons. The highest BCUT2D eigenvalue weighted by Crippen LogP contribution is 2.23. The number of benzene rings is 1. The van der Waals surface area contributed by atoms with Crippen LogP contribution in [-0.2, 0) is 12.8 Å². The van der Waals surface area contributed by atoms with Crippen LogP contribution in [0.4, 0.5) is 10.3 Å². The molecule has 0 aliphatic carbocycles. The van der Waals surface area contributed by atoms with E-state index in [-0.39, 0.29) is 11.9 Å². The molecule has 0 saturated heterocycles. The van der Waals surface area contributed by atoms with Crippen molar-refractivity contribution in [2.24, 2.45) is 0 Å². The summed E-state index contributed by atoms with van der Waals surface area (Å²) in [4.78, 5) is 6.56. The van der Waals surface area contributed by atoms with Crippen molar-refractivity contribution < 1.29 is 4.39 Å². The Morgan fingerprint density at radius 2 is 1.67 bits per heavy atom. The van der Waals surface area contributed by atoms with Crippen LogP contribution in [-0.4, -0.2) is 22.2 Å².